The summed E-state index contributed by atoms with van der Waals surface area (Å²) in [6.45, 7) is 23.4. The summed E-state index contributed by atoms with van der Waals surface area (Å²) in [5, 5.41) is 15.8. The van der Waals surface area contributed by atoms with Crippen LogP contribution in [-0.4, -0.2) is 33.5 Å². The zero-order valence-corrected chi connectivity index (χ0v) is 25.5. The average molecular weight is 581 g/mol. The minimum atomic E-state index is -0.311. The fraction of sp³-hybridized carbons (Fsp3) is 0.267. The van der Waals surface area contributed by atoms with Crippen molar-refractivity contribution in [3.8, 4) is 0 Å². The van der Waals surface area contributed by atoms with E-state index in [1.807, 2.05) is 58.0 Å². The van der Waals surface area contributed by atoms with Gasteiger partial charge in [-0.1, -0.05) is 91.4 Å². The van der Waals surface area contributed by atoms with Crippen LogP contribution in [0.4, 0.5) is 5.13 Å². The lowest BCUT2D eigenvalue weighted by molar-refractivity contribution is -0.115. The van der Waals surface area contributed by atoms with Gasteiger partial charge in [-0.2, -0.15) is 11.8 Å². The summed E-state index contributed by atoms with van der Waals surface area (Å²) < 4.78 is 0. The highest BCUT2D eigenvalue weighted by atomic mass is 32.2. The van der Waals surface area contributed by atoms with Crippen molar-refractivity contribution in [2.24, 2.45) is 0 Å². The lowest BCUT2D eigenvalue weighted by Crippen LogP contribution is -2.22. The second-order valence-corrected chi connectivity index (χ2v) is 12.3. The van der Waals surface area contributed by atoms with Crippen molar-refractivity contribution in [3.63, 3.8) is 0 Å². The summed E-state index contributed by atoms with van der Waals surface area (Å²) in [7, 11) is 0. The second kappa shape index (κ2) is 16.1. The molecule has 0 fully saturated rings. The molecule has 0 unspecified atom stereocenters. The number of carbonyl (C=O) groups is 2. The van der Waals surface area contributed by atoms with Gasteiger partial charge in [0.2, 0.25) is 5.13 Å². The quantitative estimate of drug-likeness (QED) is 0.129. The highest BCUT2D eigenvalue weighted by molar-refractivity contribution is 8.06. The largest absolute Gasteiger partial charge is 0.317 e. The summed E-state index contributed by atoms with van der Waals surface area (Å²) in [6, 6.07) is 7.81. The highest BCUT2D eigenvalue weighted by Gasteiger charge is 2.15. The number of hydrogen-bond acceptors (Lipinski definition) is 7. The molecule has 1 aromatic carbocycles. The molecule has 2 N–H and O–H groups in total. The topological polar surface area (TPSA) is 84.0 Å². The molecule has 0 aliphatic carbocycles. The van der Waals surface area contributed by atoms with Crippen LogP contribution in [0.1, 0.15) is 43.3 Å². The minimum Gasteiger partial charge on any atom is -0.317 e. The first-order valence-electron chi connectivity index (χ1n) is 12.4. The fourth-order valence-electron chi connectivity index (χ4n) is 3.51. The Labute approximate surface area is 244 Å². The number of anilines is 1. The average Bonchev–Trinajstić information content (AvgIpc) is 3.32. The van der Waals surface area contributed by atoms with Gasteiger partial charge in [-0.05, 0) is 67.2 Å². The monoisotopic (exact) mass is 580 g/mol. The third kappa shape index (κ3) is 10.2. The molecule has 0 aliphatic heterocycles. The maximum Gasteiger partial charge on any atom is 0.257 e. The number of aryl methyl sites for hydroxylation is 2. The van der Waals surface area contributed by atoms with E-state index in [9.17, 15) is 9.59 Å². The number of hydrogen-bond donors (Lipinski definition) is 2. The Morgan fingerprint density at radius 2 is 1.79 bits per heavy atom. The van der Waals surface area contributed by atoms with E-state index in [1.54, 1.807) is 17.8 Å². The first kappa shape index (κ1) is 32.1. The van der Waals surface area contributed by atoms with Crippen LogP contribution in [0.2, 0.25) is 0 Å². The molecule has 0 spiro atoms. The molecular formula is C30H36N4O2S3. The normalized spacial score (nSPS) is 10.9. The van der Waals surface area contributed by atoms with Crippen LogP contribution in [0.5, 0.6) is 0 Å². The van der Waals surface area contributed by atoms with Crippen molar-refractivity contribution in [3.05, 3.63) is 106 Å². The predicted octanol–water partition coefficient (Wildman–Crippen LogP) is 7.47. The summed E-state index contributed by atoms with van der Waals surface area (Å²) in [6.07, 6.45) is 4.98. The van der Waals surface area contributed by atoms with Crippen molar-refractivity contribution in [2.75, 3.05) is 16.8 Å². The number of amides is 2. The molecule has 6 nitrogen and oxygen atoms in total. The zero-order valence-electron chi connectivity index (χ0n) is 23.1. The van der Waals surface area contributed by atoms with E-state index in [-0.39, 0.29) is 11.8 Å². The van der Waals surface area contributed by atoms with Gasteiger partial charge in [0.25, 0.3) is 11.8 Å². The van der Waals surface area contributed by atoms with Crippen molar-refractivity contribution >= 4 is 57.4 Å². The number of allylic oxidation sites excluding steroid dienone is 4. The Hall–Kier alpha value is -3.14. The lowest BCUT2D eigenvalue weighted by Gasteiger charge is -2.13. The maximum atomic E-state index is 12.8. The molecule has 0 atom stereocenters. The SMILES string of the molecule is C=CC(C(=C)C(=O)Nc1nnc(CCSCCC(=C)SC(=C)NC(=O)/C(=C/C)c2ccccc2C)s1)=C(C)C. The first-order valence-corrected chi connectivity index (χ1v) is 15.1. The summed E-state index contributed by atoms with van der Waals surface area (Å²) in [5.41, 5.74) is 4.62. The van der Waals surface area contributed by atoms with E-state index in [0.29, 0.717) is 21.3 Å². The van der Waals surface area contributed by atoms with Crippen LogP contribution in [0.25, 0.3) is 5.57 Å². The molecule has 2 aromatic rings. The number of rotatable bonds is 15. The minimum absolute atomic E-state index is 0.179. The van der Waals surface area contributed by atoms with Gasteiger partial charge in [-0.15, -0.1) is 10.2 Å². The number of benzene rings is 1. The van der Waals surface area contributed by atoms with Gasteiger partial charge in [-0.3, -0.25) is 14.9 Å². The summed E-state index contributed by atoms with van der Waals surface area (Å²) >= 11 is 4.53. The van der Waals surface area contributed by atoms with Crippen LogP contribution in [-0.2, 0) is 16.0 Å². The van der Waals surface area contributed by atoms with Crippen LogP contribution in [0, 0.1) is 6.92 Å². The Bertz CT molecular complexity index is 1320. The maximum absolute atomic E-state index is 12.8. The standard InChI is InChI=1S/C30H36N4O2S3/c1-9-24(19(3)4)22(7)28(35)32-30-34-33-27(39-30)16-18-37-17-15-21(6)38-23(8)31-29(36)25(10-2)26-14-12-11-13-20(26)5/h9-14H,1,6-8,15-18H2,2-5H3,(H,31,36)(H,32,34,35)/b25-10+. The van der Waals surface area contributed by atoms with E-state index in [4.69, 9.17) is 0 Å². The molecule has 39 heavy (non-hydrogen) atoms. The van der Waals surface area contributed by atoms with Gasteiger partial charge < -0.3 is 5.32 Å². The molecule has 0 radical (unpaired) electrons. The molecule has 2 rings (SSSR count). The smallest absolute Gasteiger partial charge is 0.257 e. The van der Waals surface area contributed by atoms with E-state index < -0.39 is 0 Å². The van der Waals surface area contributed by atoms with Gasteiger partial charge in [0.15, 0.2) is 0 Å². The number of aromatic nitrogens is 2. The molecule has 9 heteroatoms. The van der Waals surface area contributed by atoms with E-state index in [0.717, 1.165) is 56.5 Å². The van der Waals surface area contributed by atoms with Crippen LogP contribution in [0.3, 0.4) is 0 Å². The molecular weight excluding hydrogens is 545 g/mol. The molecule has 0 aliphatic rings. The predicted molar refractivity (Wildman–Crippen MR) is 171 cm³/mol. The van der Waals surface area contributed by atoms with Gasteiger partial charge in [0, 0.05) is 17.6 Å². The summed E-state index contributed by atoms with van der Waals surface area (Å²) in [4.78, 5) is 26.2. The van der Waals surface area contributed by atoms with E-state index >= 15 is 0 Å². The van der Waals surface area contributed by atoms with Crippen molar-refractivity contribution < 1.29 is 9.59 Å². The molecule has 1 aromatic heterocycles. The van der Waals surface area contributed by atoms with Crippen molar-refractivity contribution in [1.82, 2.24) is 15.5 Å². The number of thioether (sulfide) groups is 2. The number of nitrogens with one attached hydrogen (secondary N) is 2. The highest BCUT2D eigenvalue weighted by Crippen LogP contribution is 2.27. The Morgan fingerprint density at radius 3 is 2.44 bits per heavy atom. The molecule has 0 bridgehead atoms. The van der Waals surface area contributed by atoms with Gasteiger partial charge in [-0.25, -0.2) is 0 Å². The fourth-order valence-corrected chi connectivity index (χ4v) is 6.13. The van der Waals surface area contributed by atoms with Gasteiger partial charge >= 0.3 is 0 Å². The third-order valence-electron chi connectivity index (χ3n) is 5.50. The van der Waals surface area contributed by atoms with Crippen LogP contribution >= 0.6 is 34.9 Å². The second-order valence-electron chi connectivity index (χ2n) is 8.70. The Morgan fingerprint density at radius 1 is 1.08 bits per heavy atom. The molecule has 0 saturated carbocycles. The zero-order chi connectivity index (χ0) is 28.9. The van der Waals surface area contributed by atoms with Gasteiger partial charge in [0.1, 0.15) is 5.01 Å². The Kier molecular flexibility index (Phi) is 13.2. The van der Waals surface area contributed by atoms with Crippen LogP contribution < -0.4 is 10.6 Å². The molecule has 0 saturated heterocycles. The van der Waals surface area contributed by atoms with Crippen LogP contribution in [0.15, 0.2) is 89.4 Å². The molecule has 206 valence electrons. The van der Waals surface area contributed by atoms with Gasteiger partial charge in [0.05, 0.1) is 5.03 Å². The number of carbonyl (C=O) groups excluding carboxylic acids is 2. The molecule has 1 heterocycles. The Balaban J connectivity index is 1.71. The summed E-state index contributed by atoms with van der Waals surface area (Å²) in [5.74, 6) is 1.26. The van der Waals surface area contributed by atoms with E-state index in [2.05, 4.69) is 47.1 Å². The third-order valence-corrected chi connectivity index (χ3v) is 8.23. The number of nitrogens with zero attached hydrogens (tertiary/aromatic N) is 2. The molecule has 2 amide bonds. The first-order chi connectivity index (χ1) is 18.6. The van der Waals surface area contributed by atoms with Crippen molar-refractivity contribution in [1.29, 1.82) is 0 Å². The lowest BCUT2D eigenvalue weighted by atomic mass is 10.00. The van der Waals surface area contributed by atoms with E-state index in [1.165, 1.54) is 23.1 Å². The van der Waals surface area contributed by atoms with Crippen molar-refractivity contribution in [2.45, 2.75) is 40.5 Å².